The Morgan fingerprint density at radius 1 is 0.902 bits per heavy atom. The van der Waals surface area contributed by atoms with Gasteiger partial charge in [0.15, 0.2) is 16.7 Å². The fourth-order valence-corrected chi connectivity index (χ4v) is 5.20. The summed E-state index contributed by atoms with van der Waals surface area (Å²) in [5.74, 6) is 2.28. The van der Waals surface area contributed by atoms with Gasteiger partial charge in [-0.2, -0.15) is 5.21 Å². The summed E-state index contributed by atoms with van der Waals surface area (Å²) in [5.41, 5.74) is 5.01. The number of nitrogens with one attached hydrogen (secondary N) is 2. The number of rotatable bonds is 12. The zero-order chi connectivity index (χ0) is 28.8. The van der Waals surface area contributed by atoms with Gasteiger partial charge < -0.3 is 19.2 Å². The third kappa shape index (κ3) is 6.41. The zero-order valence-corrected chi connectivity index (χ0v) is 24.1. The van der Waals surface area contributed by atoms with Crippen molar-refractivity contribution in [1.82, 2.24) is 30.6 Å². The smallest absolute Gasteiger partial charge is 0.204 e. The standard InChI is InChI=1S/C30H31FN6O3S/c1-30(2,22-11-14-24(38-3)25(17-22)39-4)27-26(20-9-12-23(31)13-10-20)32-29(33-27)41-16-15-40-18-19-5-7-21(8-6-19)28-34-36-37-35-28/h5-14,17H,15-16,18H2,1-4H3,(H,32,33)(H,34,35,36,37). The molecule has 0 atom stereocenters. The molecule has 0 amide bonds. The lowest BCUT2D eigenvalue weighted by Gasteiger charge is -2.26. The van der Waals surface area contributed by atoms with E-state index in [0.29, 0.717) is 36.3 Å². The number of imidazole rings is 1. The second kappa shape index (κ2) is 12.5. The number of thioether (sulfide) groups is 1. The molecule has 0 saturated heterocycles. The van der Waals surface area contributed by atoms with E-state index < -0.39 is 5.41 Å². The predicted molar refractivity (Wildman–Crippen MR) is 156 cm³/mol. The minimum absolute atomic E-state index is 0.291. The molecule has 0 bridgehead atoms. The molecule has 0 aliphatic carbocycles. The van der Waals surface area contributed by atoms with Gasteiger partial charge in [0.25, 0.3) is 0 Å². The Morgan fingerprint density at radius 2 is 1.63 bits per heavy atom. The average Bonchev–Trinajstić information content (AvgIpc) is 3.69. The lowest BCUT2D eigenvalue weighted by molar-refractivity contribution is 0.136. The van der Waals surface area contributed by atoms with Crippen molar-refractivity contribution in [2.45, 2.75) is 31.0 Å². The molecule has 0 aliphatic rings. The molecule has 5 rings (SSSR count). The van der Waals surface area contributed by atoms with Gasteiger partial charge in [-0.1, -0.05) is 55.9 Å². The highest BCUT2D eigenvalue weighted by Gasteiger charge is 2.31. The van der Waals surface area contributed by atoms with Gasteiger partial charge in [0.2, 0.25) is 5.82 Å². The molecular weight excluding hydrogens is 543 g/mol. The van der Waals surface area contributed by atoms with E-state index >= 15 is 0 Å². The van der Waals surface area contributed by atoms with Crippen LogP contribution in [0.3, 0.4) is 0 Å². The number of tetrazole rings is 1. The first-order valence-corrected chi connectivity index (χ1v) is 14.0. The lowest BCUT2D eigenvalue weighted by Crippen LogP contribution is -2.20. The first-order valence-electron chi connectivity index (χ1n) is 13.0. The first-order chi connectivity index (χ1) is 19.9. The maximum Gasteiger partial charge on any atom is 0.204 e. The van der Waals surface area contributed by atoms with Crippen LogP contribution in [-0.4, -0.2) is 57.2 Å². The van der Waals surface area contributed by atoms with E-state index in [1.54, 1.807) is 38.1 Å². The SMILES string of the molecule is COc1ccc(C(C)(C)c2[nH]c(SCCOCc3ccc(-c4nn[nH]n4)cc3)nc2-c2ccc(F)cc2)cc1OC. The summed E-state index contributed by atoms with van der Waals surface area (Å²) in [5, 5.41) is 14.8. The summed E-state index contributed by atoms with van der Waals surface area (Å²) < 4.78 is 30.6. The Balaban J connectivity index is 1.29. The highest BCUT2D eigenvalue weighted by atomic mass is 32.2. The highest BCUT2D eigenvalue weighted by Crippen LogP contribution is 2.41. The summed E-state index contributed by atoms with van der Waals surface area (Å²) >= 11 is 1.58. The van der Waals surface area contributed by atoms with Gasteiger partial charge in [0, 0.05) is 22.3 Å². The van der Waals surface area contributed by atoms with Crippen LogP contribution in [0.15, 0.2) is 71.9 Å². The minimum atomic E-state index is -0.473. The maximum atomic E-state index is 13.7. The number of halogens is 1. The third-order valence-corrected chi connectivity index (χ3v) is 7.66. The largest absolute Gasteiger partial charge is 0.493 e. The van der Waals surface area contributed by atoms with Crippen molar-refractivity contribution in [3.63, 3.8) is 0 Å². The third-order valence-electron chi connectivity index (χ3n) is 6.82. The Hall–Kier alpha value is -4.22. The minimum Gasteiger partial charge on any atom is -0.493 e. The summed E-state index contributed by atoms with van der Waals surface area (Å²) in [7, 11) is 3.24. The fraction of sp³-hybridized carbons (Fsp3) is 0.267. The Kier molecular flexibility index (Phi) is 8.65. The van der Waals surface area contributed by atoms with Gasteiger partial charge in [-0.3, -0.25) is 0 Å². The molecule has 0 fully saturated rings. The molecule has 2 N–H and O–H groups in total. The van der Waals surface area contributed by atoms with Crippen LogP contribution >= 0.6 is 11.8 Å². The molecule has 212 valence electrons. The Bertz CT molecular complexity index is 1570. The van der Waals surface area contributed by atoms with Crippen molar-refractivity contribution < 1.29 is 18.6 Å². The number of aromatic amines is 2. The second-order valence-electron chi connectivity index (χ2n) is 9.80. The van der Waals surface area contributed by atoms with Crippen molar-refractivity contribution in [3.05, 3.63) is 89.4 Å². The number of aromatic nitrogens is 6. The highest BCUT2D eigenvalue weighted by molar-refractivity contribution is 7.99. The average molecular weight is 575 g/mol. The number of methoxy groups -OCH3 is 2. The maximum absolute atomic E-state index is 13.7. The van der Waals surface area contributed by atoms with E-state index in [9.17, 15) is 4.39 Å². The molecule has 0 spiro atoms. The number of hydrogen-bond acceptors (Lipinski definition) is 8. The molecule has 9 nitrogen and oxygen atoms in total. The molecule has 2 aromatic heterocycles. The summed E-state index contributed by atoms with van der Waals surface area (Å²) in [6, 6.07) is 20.2. The number of nitrogens with zero attached hydrogens (tertiary/aromatic N) is 4. The monoisotopic (exact) mass is 574 g/mol. The normalized spacial score (nSPS) is 11.5. The van der Waals surface area contributed by atoms with E-state index in [4.69, 9.17) is 19.2 Å². The first kappa shape index (κ1) is 28.3. The lowest BCUT2D eigenvalue weighted by atomic mass is 9.79. The summed E-state index contributed by atoms with van der Waals surface area (Å²) in [6.45, 7) is 5.27. The van der Waals surface area contributed by atoms with Crippen LogP contribution in [-0.2, 0) is 16.8 Å². The van der Waals surface area contributed by atoms with Crippen LogP contribution in [0.4, 0.5) is 4.39 Å². The van der Waals surface area contributed by atoms with Crippen molar-refractivity contribution in [2.75, 3.05) is 26.6 Å². The van der Waals surface area contributed by atoms with Gasteiger partial charge in [-0.25, -0.2) is 9.37 Å². The molecule has 5 aromatic rings. The van der Waals surface area contributed by atoms with Crippen LogP contribution < -0.4 is 9.47 Å². The Morgan fingerprint density at radius 3 is 2.32 bits per heavy atom. The van der Waals surface area contributed by atoms with E-state index in [0.717, 1.165) is 38.8 Å². The van der Waals surface area contributed by atoms with Gasteiger partial charge in [-0.05, 0) is 52.7 Å². The van der Waals surface area contributed by atoms with Gasteiger partial charge in [-0.15, -0.1) is 10.2 Å². The van der Waals surface area contributed by atoms with Crippen LogP contribution in [0, 0.1) is 5.82 Å². The van der Waals surface area contributed by atoms with Crippen LogP contribution in [0.25, 0.3) is 22.6 Å². The van der Waals surface area contributed by atoms with Crippen LogP contribution in [0.2, 0.25) is 0 Å². The molecule has 0 radical (unpaired) electrons. The van der Waals surface area contributed by atoms with E-state index in [2.05, 4.69) is 39.5 Å². The van der Waals surface area contributed by atoms with Crippen molar-refractivity contribution in [1.29, 1.82) is 0 Å². The quantitative estimate of drug-likeness (QED) is 0.137. The molecular formula is C30H31FN6O3S. The molecule has 2 heterocycles. The van der Waals surface area contributed by atoms with E-state index in [1.165, 1.54) is 12.1 Å². The van der Waals surface area contributed by atoms with Crippen molar-refractivity contribution in [2.24, 2.45) is 0 Å². The Labute approximate surface area is 241 Å². The molecule has 41 heavy (non-hydrogen) atoms. The molecule has 3 aromatic carbocycles. The number of hydrogen-bond donors (Lipinski definition) is 2. The van der Waals surface area contributed by atoms with Crippen molar-refractivity contribution in [3.8, 4) is 34.1 Å². The van der Waals surface area contributed by atoms with Crippen LogP contribution in [0.5, 0.6) is 11.5 Å². The zero-order valence-electron chi connectivity index (χ0n) is 23.3. The van der Waals surface area contributed by atoms with E-state index in [-0.39, 0.29) is 5.82 Å². The van der Waals surface area contributed by atoms with E-state index in [1.807, 2.05) is 42.5 Å². The summed E-state index contributed by atoms with van der Waals surface area (Å²) in [6.07, 6.45) is 0. The summed E-state index contributed by atoms with van der Waals surface area (Å²) in [4.78, 5) is 8.46. The second-order valence-corrected chi connectivity index (χ2v) is 10.9. The number of ether oxygens (including phenoxy) is 3. The molecule has 11 heteroatoms. The molecule has 0 aliphatic heterocycles. The fourth-order valence-electron chi connectivity index (χ4n) is 4.48. The number of H-pyrrole nitrogens is 2. The van der Waals surface area contributed by atoms with Crippen molar-refractivity contribution >= 4 is 11.8 Å². The van der Waals surface area contributed by atoms with Gasteiger partial charge in [0.05, 0.1) is 38.8 Å². The molecule has 0 unspecified atom stereocenters. The van der Waals surface area contributed by atoms with Gasteiger partial charge in [0.1, 0.15) is 5.82 Å². The predicted octanol–water partition coefficient (Wildman–Crippen LogP) is 6.05. The van der Waals surface area contributed by atoms with Crippen LogP contribution in [0.1, 0.15) is 30.7 Å². The molecule has 0 saturated carbocycles. The van der Waals surface area contributed by atoms with Gasteiger partial charge >= 0.3 is 0 Å². The topological polar surface area (TPSA) is 111 Å². The number of benzene rings is 3.